The smallest absolute Gasteiger partial charge is 0.196 e. The van der Waals surface area contributed by atoms with Gasteiger partial charge in [-0.05, 0) is 36.4 Å². The van der Waals surface area contributed by atoms with Crippen molar-refractivity contribution in [3.8, 4) is 17.1 Å². The third kappa shape index (κ3) is 2.69. The van der Waals surface area contributed by atoms with Gasteiger partial charge in [-0.2, -0.15) is 0 Å². The fourth-order valence-corrected chi connectivity index (χ4v) is 3.17. The Labute approximate surface area is 147 Å². The molecule has 24 heavy (non-hydrogen) atoms. The number of furan rings is 1. The number of hydrogen-bond donors (Lipinski definition) is 0. The van der Waals surface area contributed by atoms with Gasteiger partial charge in [-0.1, -0.05) is 46.3 Å². The number of ketones is 1. The first-order valence-electron chi connectivity index (χ1n) is 7.54. The number of Topliss-reactive ketones (excluding diaryl/α,β-unsaturated/α-hetero) is 1. The fourth-order valence-electron chi connectivity index (χ4n) is 2.69. The van der Waals surface area contributed by atoms with E-state index in [0.29, 0.717) is 22.6 Å². The molecular weight excluding hydrogens is 368 g/mol. The lowest BCUT2D eigenvalue weighted by molar-refractivity contribution is 0.100. The number of carbonyl (C=O) groups excluding carboxylic acids is 1. The van der Waals surface area contributed by atoms with Crippen LogP contribution in [0.2, 0.25) is 0 Å². The van der Waals surface area contributed by atoms with E-state index >= 15 is 0 Å². The molecule has 0 saturated heterocycles. The molecule has 2 heterocycles. The van der Waals surface area contributed by atoms with Crippen molar-refractivity contribution >= 4 is 27.8 Å². The maximum absolute atomic E-state index is 12.6. The van der Waals surface area contributed by atoms with Crippen molar-refractivity contribution in [2.75, 3.05) is 6.61 Å². The van der Waals surface area contributed by atoms with Gasteiger partial charge in [0.2, 0.25) is 0 Å². The van der Waals surface area contributed by atoms with Crippen molar-refractivity contribution < 1.29 is 13.9 Å². The van der Waals surface area contributed by atoms with E-state index in [0.717, 1.165) is 15.8 Å². The van der Waals surface area contributed by atoms with Crippen molar-refractivity contribution in [2.24, 2.45) is 0 Å². The van der Waals surface area contributed by atoms with Gasteiger partial charge in [0.05, 0.1) is 5.56 Å². The van der Waals surface area contributed by atoms with Gasteiger partial charge in [-0.15, -0.1) is 0 Å². The molecular formula is C20H13BrO3. The normalized spacial score (nSPS) is 15.2. The molecule has 3 nitrogen and oxygen atoms in total. The van der Waals surface area contributed by atoms with E-state index in [2.05, 4.69) is 15.9 Å². The summed E-state index contributed by atoms with van der Waals surface area (Å²) in [5.74, 6) is 2.00. The van der Waals surface area contributed by atoms with Gasteiger partial charge in [-0.25, -0.2) is 0 Å². The average Bonchev–Trinajstić information content (AvgIpc) is 3.06. The molecule has 0 saturated carbocycles. The van der Waals surface area contributed by atoms with Crippen LogP contribution in [0.25, 0.3) is 17.4 Å². The Hall–Kier alpha value is -2.59. The number of ether oxygens (including phenoxy) is 1. The zero-order chi connectivity index (χ0) is 16.5. The molecule has 0 spiro atoms. The predicted molar refractivity (Wildman–Crippen MR) is 96.1 cm³/mol. The standard InChI is InChI=1S/C20H13BrO3/c21-17-7-3-1-5-15(17)19-10-9-14(24-19)11-13-12-23-18-8-4-2-6-16(18)20(13)22/h1-11H,12H2/b13-11+. The van der Waals surface area contributed by atoms with Crippen LogP contribution in [0.3, 0.4) is 0 Å². The Balaban J connectivity index is 1.66. The molecule has 0 unspecified atom stereocenters. The molecule has 4 rings (SSSR count). The van der Waals surface area contributed by atoms with E-state index in [1.54, 1.807) is 12.1 Å². The van der Waals surface area contributed by atoms with Crippen molar-refractivity contribution in [3.05, 3.63) is 82.0 Å². The number of fused-ring (bicyclic) bond motifs is 1. The largest absolute Gasteiger partial charge is 0.488 e. The van der Waals surface area contributed by atoms with Crippen LogP contribution >= 0.6 is 15.9 Å². The summed E-state index contributed by atoms with van der Waals surface area (Å²) < 4.78 is 12.5. The van der Waals surface area contributed by atoms with Crippen molar-refractivity contribution in [3.63, 3.8) is 0 Å². The molecule has 0 bridgehead atoms. The summed E-state index contributed by atoms with van der Waals surface area (Å²) >= 11 is 3.52. The van der Waals surface area contributed by atoms with E-state index in [9.17, 15) is 4.79 Å². The lowest BCUT2D eigenvalue weighted by Crippen LogP contribution is -2.18. The Morgan fingerprint density at radius 1 is 0.917 bits per heavy atom. The predicted octanol–water partition coefficient (Wildman–Crippen LogP) is 5.37. The second kappa shape index (κ2) is 6.13. The first-order chi connectivity index (χ1) is 11.7. The summed E-state index contributed by atoms with van der Waals surface area (Å²) in [6.45, 7) is 0.251. The van der Waals surface area contributed by atoms with E-state index in [1.807, 2.05) is 54.6 Å². The highest BCUT2D eigenvalue weighted by molar-refractivity contribution is 9.10. The Morgan fingerprint density at radius 3 is 2.50 bits per heavy atom. The summed E-state index contributed by atoms with van der Waals surface area (Å²) in [5, 5.41) is 0. The van der Waals surface area contributed by atoms with Crippen LogP contribution in [-0.2, 0) is 0 Å². The quantitative estimate of drug-likeness (QED) is 0.561. The summed E-state index contributed by atoms with van der Waals surface area (Å²) in [6, 6.07) is 18.9. The topological polar surface area (TPSA) is 39.4 Å². The van der Waals surface area contributed by atoms with Crippen molar-refractivity contribution in [1.82, 2.24) is 0 Å². The van der Waals surface area contributed by atoms with Crippen LogP contribution in [-0.4, -0.2) is 12.4 Å². The van der Waals surface area contributed by atoms with Gasteiger partial charge >= 0.3 is 0 Å². The molecule has 4 heteroatoms. The molecule has 1 aromatic heterocycles. The van der Waals surface area contributed by atoms with Crippen LogP contribution in [0.4, 0.5) is 0 Å². The van der Waals surface area contributed by atoms with Crippen LogP contribution < -0.4 is 4.74 Å². The molecule has 1 aliphatic rings. The summed E-state index contributed by atoms with van der Waals surface area (Å²) in [7, 11) is 0. The van der Waals surface area contributed by atoms with Gasteiger partial charge in [0.15, 0.2) is 5.78 Å². The molecule has 1 aliphatic heterocycles. The van der Waals surface area contributed by atoms with Gasteiger partial charge in [0.25, 0.3) is 0 Å². The highest BCUT2D eigenvalue weighted by atomic mass is 79.9. The molecule has 0 radical (unpaired) electrons. The molecule has 0 aliphatic carbocycles. The average molecular weight is 381 g/mol. The maximum atomic E-state index is 12.6. The van der Waals surface area contributed by atoms with Crippen LogP contribution in [0.1, 0.15) is 16.1 Å². The van der Waals surface area contributed by atoms with Crippen LogP contribution in [0, 0.1) is 0 Å². The van der Waals surface area contributed by atoms with E-state index in [1.165, 1.54) is 0 Å². The minimum absolute atomic E-state index is 0.0179. The number of para-hydroxylation sites is 1. The SMILES string of the molecule is O=C1/C(=C/c2ccc(-c3ccccc3Br)o2)COc2ccccc21. The zero-order valence-corrected chi connectivity index (χ0v) is 14.2. The highest BCUT2D eigenvalue weighted by Crippen LogP contribution is 2.31. The minimum Gasteiger partial charge on any atom is -0.488 e. The molecule has 0 atom stereocenters. The lowest BCUT2D eigenvalue weighted by atomic mass is 10.00. The maximum Gasteiger partial charge on any atom is 0.196 e. The first kappa shape index (κ1) is 15.0. The Bertz CT molecular complexity index is 953. The van der Waals surface area contributed by atoms with E-state index < -0.39 is 0 Å². The first-order valence-corrected chi connectivity index (χ1v) is 8.33. The zero-order valence-electron chi connectivity index (χ0n) is 12.7. The third-order valence-electron chi connectivity index (χ3n) is 3.89. The summed E-state index contributed by atoms with van der Waals surface area (Å²) in [6.07, 6.45) is 1.75. The van der Waals surface area contributed by atoms with E-state index in [-0.39, 0.29) is 12.4 Å². The fraction of sp³-hybridized carbons (Fsp3) is 0.0500. The lowest BCUT2D eigenvalue weighted by Gasteiger charge is -2.18. The third-order valence-corrected chi connectivity index (χ3v) is 4.58. The van der Waals surface area contributed by atoms with Crippen LogP contribution in [0.5, 0.6) is 5.75 Å². The van der Waals surface area contributed by atoms with Crippen molar-refractivity contribution in [2.45, 2.75) is 0 Å². The highest BCUT2D eigenvalue weighted by Gasteiger charge is 2.23. The van der Waals surface area contributed by atoms with Gasteiger partial charge < -0.3 is 9.15 Å². The number of hydrogen-bond acceptors (Lipinski definition) is 3. The monoisotopic (exact) mass is 380 g/mol. The van der Waals surface area contributed by atoms with Crippen molar-refractivity contribution in [1.29, 1.82) is 0 Å². The molecule has 3 aromatic rings. The molecule has 2 aromatic carbocycles. The van der Waals surface area contributed by atoms with Crippen LogP contribution in [0.15, 0.2) is 75.1 Å². The van der Waals surface area contributed by atoms with Gasteiger partial charge in [0.1, 0.15) is 23.9 Å². The minimum atomic E-state index is -0.0179. The Morgan fingerprint density at radius 2 is 1.67 bits per heavy atom. The molecule has 0 fully saturated rings. The molecule has 0 amide bonds. The number of rotatable bonds is 2. The second-order valence-corrected chi connectivity index (χ2v) is 6.32. The summed E-state index contributed by atoms with van der Waals surface area (Å²) in [4.78, 5) is 12.6. The molecule has 0 N–H and O–H groups in total. The number of carbonyl (C=O) groups is 1. The molecule has 118 valence electrons. The second-order valence-electron chi connectivity index (χ2n) is 5.47. The number of benzene rings is 2. The number of halogens is 1. The summed E-state index contributed by atoms with van der Waals surface area (Å²) in [5.41, 5.74) is 2.15. The van der Waals surface area contributed by atoms with E-state index in [4.69, 9.17) is 9.15 Å². The van der Waals surface area contributed by atoms with Gasteiger partial charge in [-0.3, -0.25) is 4.79 Å². The van der Waals surface area contributed by atoms with Gasteiger partial charge in [0, 0.05) is 15.6 Å². The Kier molecular flexibility index (Phi) is 3.82.